The molecule has 0 spiro atoms. The van der Waals surface area contributed by atoms with Crippen LogP contribution >= 0.6 is 23.2 Å². The van der Waals surface area contributed by atoms with Gasteiger partial charge in [-0.15, -0.1) is 0 Å². The van der Waals surface area contributed by atoms with Crippen LogP contribution in [0.25, 0.3) is 11.5 Å². The van der Waals surface area contributed by atoms with Crippen molar-refractivity contribution in [1.29, 1.82) is 0 Å². The molecule has 1 saturated carbocycles. The average molecular weight is 300 g/mol. The molecule has 19 heavy (non-hydrogen) atoms. The predicted octanol–water partition coefficient (Wildman–Crippen LogP) is 2.75. The maximum absolute atomic E-state index is 9.83. The lowest BCUT2D eigenvalue weighted by atomic mass is 10.2. The minimum atomic E-state index is -0.415. The van der Waals surface area contributed by atoms with Crippen molar-refractivity contribution in [3.05, 3.63) is 28.2 Å². The van der Waals surface area contributed by atoms with Crippen LogP contribution < -0.4 is 0 Å². The topological polar surface area (TPSA) is 72.0 Å². The van der Waals surface area contributed by atoms with Crippen molar-refractivity contribution in [2.24, 2.45) is 5.92 Å². The fourth-order valence-electron chi connectivity index (χ4n) is 1.84. The van der Waals surface area contributed by atoms with Gasteiger partial charge in [0.2, 0.25) is 11.7 Å². The summed E-state index contributed by atoms with van der Waals surface area (Å²) < 4.78 is 5.10. The van der Waals surface area contributed by atoms with Crippen molar-refractivity contribution in [2.45, 2.75) is 25.4 Å². The molecule has 1 fully saturated rings. The van der Waals surface area contributed by atoms with E-state index < -0.39 is 6.10 Å². The Hall–Kier alpha value is -1.17. The van der Waals surface area contributed by atoms with Gasteiger partial charge in [0.05, 0.1) is 22.6 Å². The summed E-state index contributed by atoms with van der Waals surface area (Å²) in [5.74, 6) is 1.06. The summed E-state index contributed by atoms with van der Waals surface area (Å²) >= 11 is 11.8. The van der Waals surface area contributed by atoms with Crippen molar-refractivity contribution >= 4 is 23.2 Å². The lowest BCUT2D eigenvalue weighted by molar-refractivity contribution is 0.140. The quantitative estimate of drug-likeness (QED) is 0.940. The molecule has 0 amide bonds. The van der Waals surface area contributed by atoms with Crippen LogP contribution in [-0.2, 0) is 6.42 Å². The molecular formula is C12H11Cl2N3O2. The van der Waals surface area contributed by atoms with Gasteiger partial charge >= 0.3 is 0 Å². The van der Waals surface area contributed by atoms with Crippen LogP contribution in [0.4, 0.5) is 0 Å². The number of aromatic nitrogens is 3. The zero-order chi connectivity index (χ0) is 13.4. The second kappa shape index (κ2) is 5.07. The summed E-state index contributed by atoms with van der Waals surface area (Å²) in [7, 11) is 0. The smallest absolute Gasteiger partial charge is 0.229 e. The predicted molar refractivity (Wildman–Crippen MR) is 70.0 cm³/mol. The van der Waals surface area contributed by atoms with Crippen molar-refractivity contribution in [1.82, 2.24) is 15.1 Å². The lowest BCUT2D eigenvalue weighted by Crippen LogP contribution is -2.12. The Labute approximate surface area is 119 Å². The Morgan fingerprint density at radius 3 is 2.89 bits per heavy atom. The summed E-state index contributed by atoms with van der Waals surface area (Å²) in [5, 5.41) is 14.5. The summed E-state index contributed by atoms with van der Waals surface area (Å²) in [6, 6.07) is 1.57. The van der Waals surface area contributed by atoms with E-state index in [1.807, 2.05) is 0 Å². The minimum Gasteiger partial charge on any atom is -0.392 e. The van der Waals surface area contributed by atoms with Gasteiger partial charge in [-0.1, -0.05) is 28.4 Å². The van der Waals surface area contributed by atoms with E-state index in [-0.39, 0.29) is 0 Å². The highest BCUT2D eigenvalue weighted by molar-refractivity contribution is 6.35. The molecule has 7 heteroatoms. The summed E-state index contributed by atoms with van der Waals surface area (Å²) in [6.07, 6.45) is 3.54. The minimum absolute atomic E-state index is 0.305. The van der Waals surface area contributed by atoms with Gasteiger partial charge in [0.1, 0.15) is 5.69 Å². The molecule has 0 aliphatic heterocycles. The molecule has 3 rings (SSSR count). The maximum Gasteiger partial charge on any atom is 0.229 e. The van der Waals surface area contributed by atoms with Crippen molar-refractivity contribution in [3.63, 3.8) is 0 Å². The van der Waals surface area contributed by atoms with Crippen LogP contribution in [0.5, 0.6) is 0 Å². The third kappa shape index (κ3) is 2.88. The molecule has 100 valence electrons. The molecule has 1 unspecified atom stereocenters. The molecule has 0 radical (unpaired) electrons. The highest BCUT2D eigenvalue weighted by atomic mass is 35.5. The number of nitrogens with zero attached hydrogens (tertiary/aromatic N) is 3. The van der Waals surface area contributed by atoms with Crippen molar-refractivity contribution in [2.75, 3.05) is 0 Å². The van der Waals surface area contributed by atoms with E-state index in [0.717, 1.165) is 12.8 Å². The molecule has 1 aliphatic rings. The number of aliphatic hydroxyl groups is 1. The number of hydrogen-bond acceptors (Lipinski definition) is 5. The van der Waals surface area contributed by atoms with Crippen LogP contribution in [0.15, 0.2) is 16.8 Å². The molecule has 1 N–H and O–H groups in total. The normalized spacial score (nSPS) is 16.6. The van der Waals surface area contributed by atoms with E-state index in [1.165, 1.54) is 6.20 Å². The fourth-order valence-corrected chi connectivity index (χ4v) is 2.30. The zero-order valence-corrected chi connectivity index (χ0v) is 11.4. The standard InChI is InChI=1S/C12H11Cl2N3O2/c13-7-3-8(14)11(15-5-7)12-16-10(19-17-12)4-9(18)6-1-2-6/h3,5-6,9,18H,1-2,4H2. The number of halogens is 2. The number of pyridine rings is 1. The Kier molecular flexibility index (Phi) is 3.43. The summed E-state index contributed by atoms with van der Waals surface area (Å²) in [4.78, 5) is 8.27. The van der Waals surface area contributed by atoms with Crippen LogP contribution in [0.2, 0.25) is 10.0 Å². The molecule has 1 atom stereocenters. The third-order valence-electron chi connectivity index (χ3n) is 3.04. The number of aliphatic hydroxyl groups excluding tert-OH is 1. The Morgan fingerprint density at radius 1 is 1.42 bits per heavy atom. The first-order chi connectivity index (χ1) is 9.13. The average Bonchev–Trinajstić information content (AvgIpc) is 3.11. The molecule has 0 saturated heterocycles. The van der Waals surface area contributed by atoms with Crippen molar-refractivity contribution in [3.8, 4) is 11.5 Å². The number of hydrogen-bond donors (Lipinski definition) is 1. The van der Waals surface area contributed by atoms with Crippen LogP contribution in [0.1, 0.15) is 18.7 Å². The van der Waals surface area contributed by atoms with Gasteiger partial charge in [-0.05, 0) is 24.8 Å². The van der Waals surface area contributed by atoms with Crippen LogP contribution in [0, 0.1) is 5.92 Å². The van der Waals surface area contributed by atoms with E-state index in [4.69, 9.17) is 27.7 Å². The molecule has 1 aliphatic carbocycles. The SMILES string of the molecule is OC(Cc1nc(-c2ncc(Cl)cc2Cl)no1)C1CC1. The van der Waals surface area contributed by atoms with E-state index in [1.54, 1.807) is 6.07 Å². The monoisotopic (exact) mass is 299 g/mol. The second-order valence-electron chi connectivity index (χ2n) is 4.60. The van der Waals surface area contributed by atoms with Crippen molar-refractivity contribution < 1.29 is 9.63 Å². The maximum atomic E-state index is 9.83. The molecule has 0 bridgehead atoms. The molecule has 5 nitrogen and oxygen atoms in total. The van der Waals surface area contributed by atoms with Gasteiger partial charge in [-0.25, -0.2) is 4.98 Å². The van der Waals surface area contributed by atoms with Gasteiger partial charge in [0.15, 0.2) is 0 Å². The van der Waals surface area contributed by atoms with E-state index in [2.05, 4.69) is 15.1 Å². The molecular weight excluding hydrogens is 289 g/mol. The molecule has 0 aromatic carbocycles. The molecule has 2 aromatic heterocycles. The first kappa shape index (κ1) is 12.8. The Balaban J connectivity index is 1.79. The van der Waals surface area contributed by atoms with Crippen LogP contribution in [-0.4, -0.2) is 26.3 Å². The van der Waals surface area contributed by atoms with E-state index in [0.29, 0.717) is 39.8 Å². The van der Waals surface area contributed by atoms with Gasteiger partial charge in [-0.3, -0.25) is 0 Å². The van der Waals surface area contributed by atoms with Gasteiger partial charge in [0.25, 0.3) is 0 Å². The second-order valence-corrected chi connectivity index (χ2v) is 5.45. The number of rotatable bonds is 4. The summed E-state index contributed by atoms with van der Waals surface area (Å²) in [6.45, 7) is 0. The first-order valence-corrected chi connectivity index (χ1v) is 6.71. The van der Waals surface area contributed by atoms with Gasteiger partial charge in [-0.2, -0.15) is 4.98 Å². The van der Waals surface area contributed by atoms with E-state index in [9.17, 15) is 5.11 Å². The zero-order valence-electron chi connectivity index (χ0n) is 9.88. The lowest BCUT2D eigenvalue weighted by Gasteiger charge is -2.03. The van der Waals surface area contributed by atoms with Gasteiger partial charge < -0.3 is 9.63 Å². The Morgan fingerprint density at radius 2 is 2.21 bits per heavy atom. The fraction of sp³-hybridized carbons (Fsp3) is 0.417. The largest absolute Gasteiger partial charge is 0.392 e. The van der Waals surface area contributed by atoms with E-state index >= 15 is 0 Å². The highest BCUT2D eigenvalue weighted by Crippen LogP contribution is 2.34. The highest BCUT2D eigenvalue weighted by Gasteiger charge is 2.31. The van der Waals surface area contributed by atoms with Crippen LogP contribution in [0.3, 0.4) is 0 Å². The molecule has 2 aromatic rings. The van der Waals surface area contributed by atoms with Gasteiger partial charge in [0, 0.05) is 6.20 Å². The first-order valence-electron chi connectivity index (χ1n) is 5.95. The summed E-state index contributed by atoms with van der Waals surface area (Å²) in [5.41, 5.74) is 0.418. The molecule has 2 heterocycles. The third-order valence-corrected chi connectivity index (χ3v) is 3.53. The Bertz CT molecular complexity index is 598.